The van der Waals surface area contributed by atoms with Crippen molar-refractivity contribution in [3.05, 3.63) is 72.1 Å². The molecule has 7 nitrogen and oxygen atoms in total. The summed E-state index contributed by atoms with van der Waals surface area (Å²) in [6.07, 6.45) is 8.97. The van der Waals surface area contributed by atoms with Crippen molar-refractivity contribution in [3.8, 4) is 16.9 Å². The standard InChI is InChI=1S/C31H39N3O4/c1-5-6-16-37-17-18-38-27-12-9-25(10-13-27)26-11-14-30-29(19-26)28(31(35)36-4)8-7-15-33(30)21-24-20-32-34(22-24)23(2)3/h8-14,19-20,22-23H,5-7,15-18,21H2,1-4H3. The Hall–Kier alpha value is -3.58. The maximum Gasteiger partial charge on any atom is 0.338 e. The van der Waals surface area contributed by atoms with E-state index in [1.54, 1.807) is 0 Å². The Kier molecular flexibility index (Phi) is 9.60. The average molecular weight is 518 g/mol. The molecule has 1 aliphatic rings. The molecule has 0 amide bonds. The second kappa shape index (κ2) is 13.3. The van der Waals surface area contributed by atoms with Gasteiger partial charge in [-0.1, -0.05) is 37.6 Å². The minimum Gasteiger partial charge on any atom is -0.491 e. The number of unbranched alkanes of at least 4 members (excludes halogenated alkanes) is 1. The summed E-state index contributed by atoms with van der Waals surface area (Å²) in [6, 6.07) is 14.7. The van der Waals surface area contributed by atoms with Gasteiger partial charge >= 0.3 is 5.97 Å². The number of rotatable bonds is 12. The molecular formula is C31H39N3O4. The average Bonchev–Trinajstić information content (AvgIpc) is 3.33. The summed E-state index contributed by atoms with van der Waals surface area (Å²) < 4.78 is 18.5. The molecule has 38 heavy (non-hydrogen) atoms. The van der Waals surface area contributed by atoms with E-state index in [1.165, 1.54) is 7.11 Å². The van der Waals surface area contributed by atoms with Gasteiger partial charge in [0.1, 0.15) is 12.4 Å². The van der Waals surface area contributed by atoms with Crippen molar-refractivity contribution in [2.24, 2.45) is 0 Å². The van der Waals surface area contributed by atoms with Gasteiger partial charge in [-0.25, -0.2) is 4.79 Å². The second-order valence-electron chi connectivity index (χ2n) is 9.81. The third-order valence-corrected chi connectivity index (χ3v) is 6.66. The summed E-state index contributed by atoms with van der Waals surface area (Å²) in [5, 5.41) is 4.50. The number of aromatic nitrogens is 2. The molecule has 0 saturated carbocycles. The van der Waals surface area contributed by atoms with Gasteiger partial charge in [0, 0.05) is 48.7 Å². The number of hydrogen-bond donors (Lipinski definition) is 0. The number of hydrogen-bond acceptors (Lipinski definition) is 6. The summed E-state index contributed by atoms with van der Waals surface area (Å²) in [6.45, 7) is 9.80. The maximum absolute atomic E-state index is 12.8. The minimum absolute atomic E-state index is 0.311. The van der Waals surface area contributed by atoms with Gasteiger partial charge in [-0.05, 0) is 62.1 Å². The van der Waals surface area contributed by atoms with E-state index in [-0.39, 0.29) is 5.97 Å². The first-order chi connectivity index (χ1) is 18.5. The number of carbonyl (C=O) groups excluding carboxylic acids is 1. The lowest BCUT2D eigenvalue weighted by atomic mass is 9.97. The van der Waals surface area contributed by atoms with Gasteiger partial charge in [0.2, 0.25) is 0 Å². The molecule has 2 aromatic carbocycles. The smallest absolute Gasteiger partial charge is 0.338 e. The van der Waals surface area contributed by atoms with Crippen molar-refractivity contribution in [1.82, 2.24) is 9.78 Å². The Morgan fingerprint density at radius 3 is 2.55 bits per heavy atom. The summed E-state index contributed by atoms with van der Waals surface area (Å²) in [4.78, 5) is 15.1. The van der Waals surface area contributed by atoms with Gasteiger partial charge in [0.05, 0.1) is 25.5 Å². The molecule has 0 atom stereocenters. The van der Waals surface area contributed by atoms with Crippen LogP contribution in [0.1, 0.15) is 57.2 Å². The Balaban J connectivity index is 1.54. The number of ether oxygens (including phenoxy) is 3. The quantitative estimate of drug-likeness (QED) is 0.208. The Morgan fingerprint density at radius 2 is 1.84 bits per heavy atom. The zero-order valence-electron chi connectivity index (χ0n) is 23.0. The van der Waals surface area contributed by atoms with Crippen LogP contribution in [0.5, 0.6) is 5.75 Å². The van der Waals surface area contributed by atoms with Gasteiger partial charge in [-0.15, -0.1) is 0 Å². The van der Waals surface area contributed by atoms with E-state index < -0.39 is 0 Å². The van der Waals surface area contributed by atoms with E-state index in [1.807, 2.05) is 41.2 Å². The van der Waals surface area contributed by atoms with Crippen molar-refractivity contribution >= 4 is 17.2 Å². The van der Waals surface area contributed by atoms with Crippen LogP contribution in [0, 0.1) is 0 Å². The molecule has 0 unspecified atom stereocenters. The molecule has 2 heterocycles. The molecular weight excluding hydrogens is 478 g/mol. The number of carbonyl (C=O) groups is 1. The van der Waals surface area contributed by atoms with Crippen LogP contribution in [0.15, 0.2) is 60.9 Å². The highest BCUT2D eigenvalue weighted by Crippen LogP contribution is 2.36. The molecule has 202 valence electrons. The Morgan fingerprint density at radius 1 is 1.05 bits per heavy atom. The Bertz CT molecular complexity index is 1230. The van der Waals surface area contributed by atoms with E-state index >= 15 is 0 Å². The normalized spacial score (nSPS) is 13.2. The van der Waals surface area contributed by atoms with Crippen molar-refractivity contribution in [2.45, 2.75) is 52.6 Å². The maximum atomic E-state index is 12.8. The van der Waals surface area contributed by atoms with Crippen LogP contribution in [-0.2, 0) is 20.8 Å². The summed E-state index contributed by atoms with van der Waals surface area (Å²) in [5.41, 5.74) is 5.73. The molecule has 0 radical (unpaired) electrons. The molecule has 0 saturated heterocycles. The summed E-state index contributed by atoms with van der Waals surface area (Å²) >= 11 is 0. The predicted molar refractivity (Wildman–Crippen MR) is 151 cm³/mol. The second-order valence-corrected chi connectivity index (χ2v) is 9.81. The van der Waals surface area contributed by atoms with Gasteiger partial charge in [0.15, 0.2) is 0 Å². The van der Waals surface area contributed by atoms with Gasteiger partial charge < -0.3 is 19.1 Å². The topological polar surface area (TPSA) is 65.8 Å². The number of esters is 1. The minimum atomic E-state index is -0.317. The molecule has 7 heteroatoms. The Labute approximate surface area is 226 Å². The summed E-state index contributed by atoms with van der Waals surface area (Å²) in [5.74, 6) is 0.494. The lowest BCUT2D eigenvalue weighted by Crippen LogP contribution is -2.23. The summed E-state index contributed by atoms with van der Waals surface area (Å²) in [7, 11) is 1.43. The van der Waals surface area contributed by atoms with E-state index in [4.69, 9.17) is 14.2 Å². The van der Waals surface area contributed by atoms with E-state index in [9.17, 15) is 4.79 Å². The number of anilines is 1. The predicted octanol–water partition coefficient (Wildman–Crippen LogP) is 6.29. The van der Waals surface area contributed by atoms with Crippen molar-refractivity contribution in [3.63, 3.8) is 0 Å². The van der Waals surface area contributed by atoms with Crippen molar-refractivity contribution in [2.75, 3.05) is 38.4 Å². The molecule has 3 aromatic rings. The molecule has 0 spiro atoms. The van der Waals surface area contributed by atoms with Gasteiger partial charge in [0.25, 0.3) is 0 Å². The van der Waals surface area contributed by atoms with Crippen LogP contribution in [0.4, 0.5) is 5.69 Å². The van der Waals surface area contributed by atoms with Gasteiger partial charge in [-0.3, -0.25) is 4.68 Å². The number of nitrogens with zero attached hydrogens (tertiary/aromatic N) is 3. The highest BCUT2D eigenvalue weighted by Gasteiger charge is 2.23. The highest BCUT2D eigenvalue weighted by molar-refractivity contribution is 6.18. The van der Waals surface area contributed by atoms with Crippen LogP contribution in [0.25, 0.3) is 16.7 Å². The lowest BCUT2D eigenvalue weighted by molar-refractivity contribution is -0.133. The van der Waals surface area contributed by atoms with Crippen LogP contribution in [-0.4, -0.2) is 49.2 Å². The molecule has 0 bridgehead atoms. The molecule has 0 fully saturated rings. The van der Waals surface area contributed by atoms with Gasteiger partial charge in [-0.2, -0.15) is 5.10 Å². The largest absolute Gasteiger partial charge is 0.491 e. The molecule has 1 aromatic heterocycles. The van der Waals surface area contributed by atoms with Crippen LogP contribution >= 0.6 is 0 Å². The fourth-order valence-corrected chi connectivity index (χ4v) is 4.54. The first-order valence-electron chi connectivity index (χ1n) is 13.5. The zero-order valence-corrected chi connectivity index (χ0v) is 23.0. The fourth-order valence-electron chi connectivity index (χ4n) is 4.54. The highest BCUT2D eigenvalue weighted by atomic mass is 16.5. The molecule has 0 aliphatic carbocycles. The van der Waals surface area contributed by atoms with E-state index in [0.29, 0.717) is 24.8 Å². The van der Waals surface area contributed by atoms with E-state index in [0.717, 1.165) is 72.6 Å². The third kappa shape index (κ3) is 6.84. The van der Waals surface area contributed by atoms with Crippen LogP contribution in [0.2, 0.25) is 0 Å². The zero-order chi connectivity index (χ0) is 26.9. The monoisotopic (exact) mass is 517 g/mol. The first kappa shape index (κ1) is 27.5. The van der Waals surface area contributed by atoms with Crippen LogP contribution < -0.4 is 9.64 Å². The third-order valence-electron chi connectivity index (χ3n) is 6.66. The molecule has 0 N–H and O–H groups in total. The van der Waals surface area contributed by atoms with Crippen LogP contribution in [0.3, 0.4) is 0 Å². The molecule has 4 rings (SSSR count). The number of benzene rings is 2. The number of methoxy groups -OCH3 is 1. The molecule has 1 aliphatic heterocycles. The lowest BCUT2D eigenvalue weighted by Gasteiger charge is -2.25. The van der Waals surface area contributed by atoms with Crippen molar-refractivity contribution < 1.29 is 19.0 Å². The first-order valence-corrected chi connectivity index (χ1v) is 13.5. The SMILES string of the molecule is CCCCOCCOc1ccc(-c2ccc3c(c2)C(C(=O)OC)=CCCN3Cc2cnn(C(C)C)c2)cc1. The van der Waals surface area contributed by atoms with E-state index in [2.05, 4.69) is 55.2 Å². The fraction of sp³-hybridized carbons (Fsp3) is 0.419. The van der Waals surface area contributed by atoms with Crippen molar-refractivity contribution in [1.29, 1.82) is 0 Å². The number of fused-ring (bicyclic) bond motifs is 1.